The third-order valence-corrected chi connectivity index (χ3v) is 7.46. The van der Waals surface area contributed by atoms with E-state index in [-0.39, 0.29) is 6.04 Å². The first-order chi connectivity index (χ1) is 15.4. The van der Waals surface area contributed by atoms with Crippen molar-refractivity contribution in [2.45, 2.75) is 50.7 Å². The van der Waals surface area contributed by atoms with Crippen LogP contribution in [0.25, 0.3) is 11.5 Å². The summed E-state index contributed by atoms with van der Waals surface area (Å²) in [5.74, 6) is 3.66. The van der Waals surface area contributed by atoms with Crippen molar-refractivity contribution >= 4 is 29.1 Å². The third-order valence-electron chi connectivity index (χ3n) is 7.18. The maximum Gasteiger partial charge on any atom is 0.247 e. The van der Waals surface area contributed by atoms with Crippen LogP contribution in [0.15, 0.2) is 34.9 Å². The fourth-order valence-electron chi connectivity index (χ4n) is 6.18. The van der Waals surface area contributed by atoms with Crippen LogP contribution in [0, 0.1) is 24.7 Å². The molecule has 4 fully saturated rings. The summed E-state index contributed by atoms with van der Waals surface area (Å²) < 4.78 is 5.52. The topological polar surface area (TPSA) is 109 Å². The molecule has 4 aliphatic rings. The van der Waals surface area contributed by atoms with Crippen molar-refractivity contribution in [3.05, 3.63) is 41.4 Å². The number of nitrogens with one attached hydrogen (secondary N) is 2. The number of aryl methyl sites for hydroxylation is 1. The van der Waals surface area contributed by atoms with Crippen LogP contribution in [-0.4, -0.2) is 36.9 Å². The van der Waals surface area contributed by atoms with E-state index in [1.165, 1.54) is 12.8 Å². The molecule has 0 amide bonds. The summed E-state index contributed by atoms with van der Waals surface area (Å²) in [4.78, 5) is 9.01. The standard InChI is InChI=1S/C23H25ClN6O2/c1-12-29-30-21(32-12)14-3-2-4-17(7-14)26-22-25-11-18(24)20(28-22)27-19-15-5-13-6-16(19)10-23(31,8-13)9-15/h2-4,7,11,13,15-16,19,31H,5-6,8-10H2,1H3,(H2,25,26,27,28)/t13?,15?,16?,19-,23+. The molecule has 0 aliphatic heterocycles. The molecule has 0 spiro atoms. The van der Waals surface area contributed by atoms with Crippen molar-refractivity contribution in [1.29, 1.82) is 0 Å². The van der Waals surface area contributed by atoms with Gasteiger partial charge in [0.05, 0.1) is 11.8 Å². The van der Waals surface area contributed by atoms with Crippen LogP contribution in [0.3, 0.4) is 0 Å². The number of nitrogens with zero attached hydrogens (tertiary/aromatic N) is 4. The Bertz CT molecular complexity index is 1150. The summed E-state index contributed by atoms with van der Waals surface area (Å²) in [6, 6.07) is 7.95. The van der Waals surface area contributed by atoms with E-state index in [2.05, 4.69) is 30.8 Å². The highest BCUT2D eigenvalue weighted by molar-refractivity contribution is 6.32. The number of anilines is 3. The molecule has 0 radical (unpaired) electrons. The number of halogens is 1. The molecule has 2 heterocycles. The van der Waals surface area contributed by atoms with E-state index in [4.69, 9.17) is 16.0 Å². The molecule has 4 bridgehead atoms. The average Bonchev–Trinajstić information content (AvgIpc) is 3.18. The summed E-state index contributed by atoms with van der Waals surface area (Å²) in [5.41, 5.74) is 1.16. The van der Waals surface area contributed by atoms with Crippen molar-refractivity contribution in [1.82, 2.24) is 20.2 Å². The Morgan fingerprint density at radius 1 is 1.16 bits per heavy atom. The minimum Gasteiger partial charge on any atom is -0.421 e. The van der Waals surface area contributed by atoms with Gasteiger partial charge in [0.2, 0.25) is 17.7 Å². The molecule has 9 heteroatoms. The SMILES string of the molecule is Cc1nnc(-c2cccc(Nc3ncc(Cl)c(N[C@H]4C5CC6CC4C[C@@](O)(C6)C5)n3)c2)o1. The number of benzene rings is 1. The predicted octanol–water partition coefficient (Wildman–Crippen LogP) is 4.58. The van der Waals surface area contributed by atoms with Gasteiger partial charge in [0.1, 0.15) is 5.02 Å². The van der Waals surface area contributed by atoms with E-state index >= 15 is 0 Å². The van der Waals surface area contributed by atoms with E-state index in [9.17, 15) is 5.11 Å². The van der Waals surface area contributed by atoms with Crippen LogP contribution in [0.4, 0.5) is 17.5 Å². The molecular formula is C23H25ClN6O2. The van der Waals surface area contributed by atoms with Gasteiger partial charge in [-0.15, -0.1) is 10.2 Å². The molecule has 2 aromatic heterocycles. The van der Waals surface area contributed by atoms with Gasteiger partial charge >= 0.3 is 0 Å². The second-order valence-corrected chi connectivity index (χ2v) is 9.99. The molecule has 1 aromatic carbocycles. The fourth-order valence-corrected chi connectivity index (χ4v) is 6.32. The molecule has 32 heavy (non-hydrogen) atoms. The zero-order valence-corrected chi connectivity index (χ0v) is 18.5. The molecule has 4 saturated carbocycles. The molecule has 3 aromatic rings. The Morgan fingerprint density at radius 3 is 2.69 bits per heavy atom. The first kappa shape index (κ1) is 19.9. The van der Waals surface area contributed by atoms with Gasteiger partial charge < -0.3 is 20.2 Å². The van der Waals surface area contributed by atoms with Crippen LogP contribution in [0.1, 0.15) is 38.0 Å². The largest absolute Gasteiger partial charge is 0.421 e. The predicted molar refractivity (Wildman–Crippen MR) is 121 cm³/mol. The summed E-state index contributed by atoms with van der Waals surface area (Å²) in [6.45, 7) is 1.76. The number of hydrogen-bond acceptors (Lipinski definition) is 8. The highest BCUT2D eigenvalue weighted by Gasteiger charge is 2.54. The zero-order valence-electron chi connectivity index (χ0n) is 17.8. The summed E-state index contributed by atoms with van der Waals surface area (Å²) >= 11 is 6.46. The summed E-state index contributed by atoms with van der Waals surface area (Å²) in [5, 5.41) is 26.2. The third kappa shape index (κ3) is 3.61. The molecule has 7 rings (SSSR count). The van der Waals surface area contributed by atoms with Crippen molar-refractivity contribution in [3.63, 3.8) is 0 Å². The Balaban J connectivity index is 1.21. The number of hydrogen-bond donors (Lipinski definition) is 3. The monoisotopic (exact) mass is 452 g/mol. The minimum atomic E-state index is -0.460. The van der Waals surface area contributed by atoms with Gasteiger partial charge in [-0.05, 0) is 68.1 Å². The average molecular weight is 453 g/mol. The Kier molecular flexibility index (Phi) is 4.62. The van der Waals surface area contributed by atoms with Crippen molar-refractivity contribution in [3.8, 4) is 11.5 Å². The highest BCUT2D eigenvalue weighted by atomic mass is 35.5. The lowest BCUT2D eigenvalue weighted by molar-refractivity contribution is -0.129. The zero-order chi connectivity index (χ0) is 21.9. The van der Waals surface area contributed by atoms with Crippen LogP contribution in [0.2, 0.25) is 5.02 Å². The van der Waals surface area contributed by atoms with Crippen molar-refractivity contribution in [2.75, 3.05) is 10.6 Å². The first-order valence-electron chi connectivity index (χ1n) is 11.1. The smallest absolute Gasteiger partial charge is 0.247 e. The number of aromatic nitrogens is 4. The van der Waals surface area contributed by atoms with Crippen LogP contribution >= 0.6 is 11.6 Å². The van der Waals surface area contributed by atoms with E-state index in [1.807, 2.05) is 24.3 Å². The van der Waals surface area contributed by atoms with E-state index in [1.54, 1.807) is 13.1 Å². The normalized spacial score (nSPS) is 30.5. The first-order valence-corrected chi connectivity index (χ1v) is 11.5. The molecule has 8 nitrogen and oxygen atoms in total. The summed E-state index contributed by atoms with van der Waals surface area (Å²) in [7, 11) is 0. The van der Waals surface area contributed by atoms with E-state index < -0.39 is 5.60 Å². The van der Waals surface area contributed by atoms with E-state index in [0.717, 1.165) is 30.5 Å². The quantitative estimate of drug-likeness (QED) is 0.516. The van der Waals surface area contributed by atoms with Gasteiger partial charge in [0.15, 0.2) is 5.82 Å². The highest BCUT2D eigenvalue weighted by Crippen LogP contribution is 2.56. The molecule has 2 unspecified atom stereocenters. The molecule has 166 valence electrons. The molecule has 3 N–H and O–H groups in total. The van der Waals surface area contributed by atoms with Gasteiger partial charge in [-0.2, -0.15) is 4.98 Å². The second-order valence-electron chi connectivity index (χ2n) is 9.59. The Morgan fingerprint density at radius 2 is 1.97 bits per heavy atom. The minimum absolute atomic E-state index is 0.288. The number of aliphatic hydroxyl groups is 1. The summed E-state index contributed by atoms with van der Waals surface area (Å²) in [6.07, 6.45) is 6.67. The van der Waals surface area contributed by atoms with E-state index in [0.29, 0.717) is 46.3 Å². The van der Waals surface area contributed by atoms with Gasteiger partial charge in [-0.1, -0.05) is 17.7 Å². The van der Waals surface area contributed by atoms with Crippen LogP contribution < -0.4 is 10.6 Å². The van der Waals surface area contributed by atoms with Gasteiger partial charge in [-0.3, -0.25) is 0 Å². The van der Waals surface area contributed by atoms with Crippen LogP contribution in [-0.2, 0) is 0 Å². The van der Waals surface area contributed by atoms with Crippen molar-refractivity contribution < 1.29 is 9.52 Å². The molecule has 2 atom stereocenters. The van der Waals surface area contributed by atoms with Gasteiger partial charge in [0, 0.05) is 24.2 Å². The lowest BCUT2D eigenvalue weighted by atomic mass is 9.52. The number of rotatable bonds is 5. The Labute approximate surface area is 190 Å². The second kappa shape index (κ2) is 7.42. The Hall–Kier alpha value is -2.71. The maximum atomic E-state index is 10.9. The lowest BCUT2D eigenvalue weighted by Crippen LogP contribution is -2.59. The van der Waals surface area contributed by atoms with Crippen LogP contribution in [0.5, 0.6) is 0 Å². The molecule has 4 aliphatic carbocycles. The van der Waals surface area contributed by atoms with Gasteiger partial charge in [0.25, 0.3) is 0 Å². The fraction of sp³-hybridized carbons (Fsp3) is 0.478. The maximum absolute atomic E-state index is 10.9. The lowest BCUT2D eigenvalue weighted by Gasteiger charge is -2.58. The van der Waals surface area contributed by atoms with Crippen molar-refractivity contribution in [2.24, 2.45) is 17.8 Å². The molecular weight excluding hydrogens is 428 g/mol. The molecule has 0 saturated heterocycles. The van der Waals surface area contributed by atoms with Gasteiger partial charge in [-0.25, -0.2) is 4.98 Å².